The van der Waals surface area contributed by atoms with Crippen LogP contribution in [0.5, 0.6) is 0 Å². The second-order valence-electron chi connectivity index (χ2n) is 3.29. The molecule has 1 heterocycles. The zero-order valence-corrected chi connectivity index (χ0v) is 10.2. The van der Waals surface area contributed by atoms with Crippen LogP contribution in [0.2, 0.25) is 0 Å². The number of hydrogen-bond acceptors (Lipinski definition) is 5. The van der Waals surface area contributed by atoms with Crippen molar-refractivity contribution in [1.82, 2.24) is 0 Å². The van der Waals surface area contributed by atoms with Crippen molar-refractivity contribution >= 4 is 27.6 Å². The number of hydrogen-bond donors (Lipinski definition) is 0. The van der Waals surface area contributed by atoms with Crippen LogP contribution in [0.3, 0.4) is 0 Å². The first-order chi connectivity index (χ1) is 7.89. The van der Waals surface area contributed by atoms with Crippen molar-refractivity contribution in [1.29, 1.82) is 0 Å². The van der Waals surface area contributed by atoms with Crippen molar-refractivity contribution in [3.63, 3.8) is 0 Å². The van der Waals surface area contributed by atoms with Gasteiger partial charge < -0.3 is 4.55 Å². The van der Waals surface area contributed by atoms with E-state index in [4.69, 9.17) is 0 Å². The molecule has 0 fully saturated rings. The fourth-order valence-corrected chi connectivity index (χ4v) is 1.89. The smallest absolute Gasteiger partial charge is 0.744 e. The molecule has 18 heavy (non-hydrogen) atoms. The molecule has 0 saturated heterocycles. The fraction of sp³-hybridized carbons (Fsp3) is 0. The van der Waals surface area contributed by atoms with Gasteiger partial charge >= 0.3 is 18.9 Å². The monoisotopic (exact) mass is 259 g/mol. The van der Waals surface area contributed by atoms with Crippen LogP contribution in [0.4, 0.5) is 5.69 Å². The van der Waals surface area contributed by atoms with Gasteiger partial charge in [-0.05, 0) is 24.3 Å². The number of nitrogens with zero attached hydrogens (tertiary/aromatic N) is 1. The third-order valence-electron chi connectivity index (χ3n) is 2.19. The molecule has 0 radical (unpaired) electrons. The molecule has 0 N–H and O–H groups in total. The summed E-state index contributed by atoms with van der Waals surface area (Å²) in [6, 6.07) is 4.56. The quantitative estimate of drug-likeness (QED) is 0.321. The number of rotatable bonds is 2. The molecule has 6 nitrogen and oxygen atoms in total. The largest absolute Gasteiger partial charge is 1.00 e. The first-order valence-corrected chi connectivity index (χ1v) is 5.92. The molecule has 0 unspecified atom stereocenters. The summed E-state index contributed by atoms with van der Waals surface area (Å²) in [6.07, 6.45) is 2.22. The summed E-state index contributed by atoms with van der Waals surface area (Å²) < 4.78 is 32.0. The Morgan fingerprint density at radius 1 is 0.944 bits per heavy atom. The minimum atomic E-state index is -4.52. The zero-order chi connectivity index (χ0) is 12.6. The molecule has 0 saturated carbocycles. The summed E-state index contributed by atoms with van der Waals surface area (Å²) in [6.45, 7) is 0. The van der Waals surface area contributed by atoms with Gasteiger partial charge in [0.15, 0.2) is 0 Å². The Morgan fingerprint density at radius 2 is 1.39 bits per heavy atom. The van der Waals surface area contributed by atoms with E-state index in [9.17, 15) is 22.6 Å². The Labute approximate surface area is 115 Å². The molecule has 8 heteroatoms. The molecule has 2 rings (SSSR count). The van der Waals surface area contributed by atoms with Crippen LogP contribution in [0.25, 0.3) is 0 Å². The van der Waals surface area contributed by atoms with Crippen molar-refractivity contribution in [2.24, 2.45) is 0 Å². The Balaban J connectivity index is 0.00000162. The first kappa shape index (κ1) is 14.7. The van der Waals surface area contributed by atoms with E-state index in [-0.39, 0.29) is 24.5 Å². The van der Waals surface area contributed by atoms with Gasteiger partial charge in [0, 0.05) is 12.2 Å². The Hall–Kier alpha value is -1.39. The maximum absolute atomic E-state index is 11.3. The Morgan fingerprint density at radius 3 is 1.78 bits per heavy atom. The van der Waals surface area contributed by atoms with E-state index in [2.05, 4.69) is 0 Å². The van der Waals surface area contributed by atoms with E-state index in [1.165, 1.54) is 12.1 Å². The molecule has 88 valence electrons. The number of carbonyl (C=O) groups excluding carboxylic acids is 2. The molecule has 0 aromatic heterocycles. The van der Waals surface area contributed by atoms with Crippen LogP contribution < -0.4 is 23.8 Å². The van der Waals surface area contributed by atoms with E-state index in [1.807, 2.05) is 0 Å². The van der Waals surface area contributed by atoms with E-state index in [0.29, 0.717) is 0 Å². The van der Waals surface area contributed by atoms with E-state index < -0.39 is 26.8 Å². The number of carbonyl (C=O) groups is 2. The molecule has 0 spiro atoms. The van der Waals surface area contributed by atoms with Crippen molar-refractivity contribution in [2.75, 3.05) is 4.90 Å². The van der Waals surface area contributed by atoms with Gasteiger partial charge in [0.2, 0.25) is 0 Å². The van der Waals surface area contributed by atoms with Gasteiger partial charge in [-0.15, -0.1) is 0 Å². The average molecular weight is 259 g/mol. The van der Waals surface area contributed by atoms with Crippen LogP contribution in [-0.4, -0.2) is 24.8 Å². The minimum absolute atomic E-state index is 0. The van der Waals surface area contributed by atoms with Crippen molar-refractivity contribution in [3.8, 4) is 0 Å². The summed E-state index contributed by atoms with van der Waals surface area (Å²) >= 11 is 0. The first-order valence-electron chi connectivity index (χ1n) is 4.52. The third kappa shape index (κ3) is 2.71. The molecule has 0 aliphatic carbocycles. The minimum Gasteiger partial charge on any atom is -0.744 e. The molecule has 1 aromatic rings. The fourth-order valence-electron chi connectivity index (χ4n) is 1.42. The predicted molar refractivity (Wildman–Crippen MR) is 56.0 cm³/mol. The molecule has 1 aromatic carbocycles. The molecular formula is C10H6LiNO5S. The summed E-state index contributed by atoms with van der Waals surface area (Å²) in [5.74, 6) is -1.01. The number of imide groups is 1. The van der Waals surface area contributed by atoms with Gasteiger partial charge in [0.1, 0.15) is 10.1 Å². The van der Waals surface area contributed by atoms with Gasteiger partial charge in [0.25, 0.3) is 11.8 Å². The van der Waals surface area contributed by atoms with Gasteiger partial charge in [-0.2, -0.15) is 0 Å². The van der Waals surface area contributed by atoms with Crippen molar-refractivity contribution < 1.29 is 41.4 Å². The average Bonchev–Trinajstić information content (AvgIpc) is 2.58. The second-order valence-corrected chi connectivity index (χ2v) is 4.67. The van der Waals surface area contributed by atoms with Crippen molar-refractivity contribution in [2.45, 2.75) is 4.90 Å². The zero-order valence-electron chi connectivity index (χ0n) is 9.36. The van der Waals surface area contributed by atoms with Gasteiger partial charge in [0.05, 0.1) is 10.6 Å². The van der Waals surface area contributed by atoms with Gasteiger partial charge in [-0.25, -0.2) is 13.3 Å². The molecular weight excluding hydrogens is 253 g/mol. The van der Waals surface area contributed by atoms with Gasteiger partial charge in [-0.3, -0.25) is 9.59 Å². The maximum Gasteiger partial charge on any atom is 1.00 e. The predicted octanol–water partition coefficient (Wildman–Crippen LogP) is -2.98. The molecule has 2 amide bonds. The van der Waals surface area contributed by atoms with Crippen LogP contribution in [0.1, 0.15) is 0 Å². The molecule has 1 aliphatic heterocycles. The van der Waals surface area contributed by atoms with Crippen molar-refractivity contribution in [3.05, 3.63) is 36.4 Å². The summed E-state index contributed by atoms with van der Waals surface area (Å²) in [4.78, 5) is 23.1. The van der Waals surface area contributed by atoms with Crippen LogP contribution in [0, 0.1) is 0 Å². The summed E-state index contributed by atoms with van der Waals surface area (Å²) in [7, 11) is -4.52. The molecule has 0 atom stereocenters. The Kier molecular flexibility index (Phi) is 4.14. The maximum atomic E-state index is 11.3. The summed E-state index contributed by atoms with van der Waals surface area (Å²) in [5.41, 5.74) is 0.220. The normalized spacial score (nSPS) is 14.8. The van der Waals surface area contributed by atoms with Gasteiger partial charge in [-0.1, -0.05) is 0 Å². The molecule has 1 aliphatic rings. The van der Waals surface area contributed by atoms with E-state index in [1.54, 1.807) is 0 Å². The second kappa shape index (κ2) is 5.08. The van der Waals surface area contributed by atoms with E-state index >= 15 is 0 Å². The van der Waals surface area contributed by atoms with Crippen LogP contribution in [0.15, 0.2) is 41.3 Å². The Bertz CT molecular complexity index is 602. The van der Waals surface area contributed by atoms with Crippen LogP contribution in [-0.2, 0) is 19.7 Å². The standard InChI is InChI=1S/C10H7NO5S.Li/c12-9-5-6-10(13)11(9)7-1-3-8(4-2-7)17(14,15)16;/h1-6H,(H,14,15,16);/q;+1/p-1. The topological polar surface area (TPSA) is 94.6 Å². The SMILES string of the molecule is O=C1C=CC(=O)N1c1ccc(S(=O)(=O)[O-])cc1.[Li+]. The van der Waals surface area contributed by atoms with Crippen LogP contribution >= 0.6 is 0 Å². The number of amides is 2. The van der Waals surface area contributed by atoms with E-state index in [0.717, 1.165) is 29.2 Å². The number of benzene rings is 1. The number of anilines is 1. The molecule has 0 bridgehead atoms. The third-order valence-corrected chi connectivity index (χ3v) is 3.04. The summed E-state index contributed by atoms with van der Waals surface area (Å²) in [5, 5.41) is 0.